The predicted octanol–water partition coefficient (Wildman–Crippen LogP) is -1.48. The summed E-state index contributed by atoms with van der Waals surface area (Å²) in [5.74, 6) is -4.85. The molecular formula is C8H8N2O5. The molecule has 1 heterocycles. The van der Waals surface area contributed by atoms with Crippen LogP contribution in [0.4, 0.5) is 4.79 Å². The Hall–Kier alpha value is -2.05. The summed E-state index contributed by atoms with van der Waals surface area (Å²) < 4.78 is 0. The lowest BCUT2D eigenvalue weighted by molar-refractivity contribution is -0.142. The molecular weight excluding hydrogens is 204 g/mol. The van der Waals surface area contributed by atoms with Crippen LogP contribution in [0.15, 0.2) is 0 Å². The molecule has 1 aliphatic rings. The highest BCUT2D eigenvalue weighted by atomic mass is 16.2. The van der Waals surface area contributed by atoms with Crippen molar-refractivity contribution in [3.05, 3.63) is 0 Å². The number of carbonyl (C=O) groups excluding carboxylic acids is 5. The topological polar surface area (TPSA) is 109 Å². The van der Waals surface area contributed by atoms with E-state index in [0.29, 0.717) is 0 Å². The second-order valence-electron chi connectivity index (χ2n) is 3.09. The summed E-state index contributed by atoms with van der Waals surface area (Å²) in [6.45, 7) is 1.17. The second-order valence-corrected chi connectivity index (χ2v) is 3.09. The van der Waals surface area contributed by atoms with Crippen LogP contribution in [0.2, 0.25) is 0 Å². The fourth-order valence-corrected chi connectivity index (χ4v) is 1.16. The lowest BCUT2D eigenvalue weighted by Gasteiger charge is -2.18. The fourth-order valence-electron chi connectivity index (χ4n) is 1.16. The van der Waals surface area contributed by atoms with Crippen LogP contribution in [-0.2, 0) is 19.2 Å². The Labute approximate surface area is 84.2 Å². The minimum Gasteiger partial charge on any atom is -0.300 e. The number of ketones is 2. The number of nitrogens with one attached hydrogen (secondary N) is 2. The van der Waals surface area contributed by atoms with E-state index in [-0.39, 0.29) is 0 Å². The van der Waals surface area contributed by atoms with Gasteiger partial charge in [-0.3, -0.25) is 29.8 Å². The fraction of sp³-hybridized carbons (Fsp3) is 0.375. The summed E-state index contributed by atoms with van der Waals surface area (Å²) in [5.41, 5.74) is 0. The summed E-state index contributed by atoms with van der Waals surface area (Å²) in [6, 6.07) is -0.961. The van der Waals surface area contributed by atoms with Crippen molar-refractivity contribution >= 4 is 29.4 Å². The van der Waals surface area contributed by atoms with Gasteiger partial charge < -0.3 is 0 Å². The maximum atomic E-state index is 11.3. The number of amides is 4. The zero-order valence-electron chi connectivity index (χ0n) is 7.83. The van der Waals surface area contributed by atoms with Crippen molar-refractivity contribution in [1.82, 2.24) is 10.6 Å². The molecule has 1 aliphatic heterocycles. The van der Waals surface area contributed by atoms with Crippen molar-refractivity contribution in [2.24, 2.45) is 5.92 Å². The van der Waals surface area contributed by atoms with Gasteiger partial charge >= 0.3 is 6.03 Å². The molecule has 0 bridgehead atoms. The third-order valence-electron chi connectivity index (χ3n) is 1.74. The summed E-state index contributed by atoms with van der Waals surface area (Å²) in [4.78, 5) is 54.8. The van der Waals surface area contributed by atoms with Gasteiger partial charge in [-0.25, -0.2) is 4.79 Å². The van der Waals surface area contributed by atoms with Crippen molar-refractivity contribution in [3.63, 3.8) is 0 Å². The first kappa shape index (κ1) is 11.0. The quantitative estimate of drug-likeness (QED) is 0.554. The first-order chi connectivity index (χ1) is 6.91. The van der Waals surface area contributed by atoms with E-state index in [0.717, 1.165) is 0 Å². The SMILES string of the molecule is CC(=O)CC(=O)C1C(=O)NC(=O)NC1=O. The summed E-state index contributed by atoms with van der Waals surface area (Å²) >= 11 is 0. The molecule has 15 heavy (non-hydrogen) atoms. The first-order valence-corrected chi connectivity index (χ1v) is 4.09. The molecule has 0 aromatic carbocycles. The average molecular weight is 212 g/mol. The van der Waals surface area contributed by atoms with Gasteiger partial charge in [0.05, 0.1) is 6.42 Å². The van der Waals surface area contributed by atoms with Gasteiger partial charge in [-0.1, -0.05) is 0 Å². The number of hydrogen-bond acceptors (Lipinski definition) is 5. The zero-order valence-corrected chi connectivity index (χ0v) is 7.83. The summed E-state index contributed by atoms with van der Waals surface area (Å²) in [7, 11) is 0. The Morgan fingerprint density at radius 1 is 1.13 bits per heavy atom. The van der Waals surface area contributed by atoms with Crippen molar-refractivity contribution in [2.75, 3.05) is 0 Å². The van der Waals surface area contributed by atoms with Crippen LogP contribution >= 0.6 is 0 Å². The molecule has 0 atom stereocenters. The maximum absolute atomic E-state index is 11.3. The smallest absolute Gasteiger partial charge is 0.300 e. The molecule has 0 unspecified atom stereocenters. The van der Waals surface area contributed by atoms with E-state index in [9.17, 15) is 24.0 Å². The van der Waals surface area contributed by atoms with Gasteiger partial charge in [0.2, 0.25) is 11.8 Å². The minimum atomic E-state index is -1.61. The van der Waals surface area contributed by atoms with Crippen molar-refractivity contribution < 1.29 is 24.0 Å². The first-order valence-electron chi connectivity index (χ1n) is 4.09. The number of hydrogen-bond donors (Lipinski definition) is 2. The molecule has 4 amide bonds. The summed E-state index contributed by atoms with van der Waals surface area (Å²) in [6.07, 6.45) is -0.500. The van der Waals surface area contributed by atoms with Crippen LogP contribution in [0.25, 0.3) is 0 Å². The third-order valence-corrected chi connectivity index (χ3v) is 1.74. The van der Waals surface area contributed by atoms with E-state index in [1.807, 2.05) is 0 Å². The van der Waals surface area contributed by atoms with Gasteiger partial charge in [0.25, 0.3) is 0 Å². The number of Topliss-reactive ketones (excluding diaryl/α,β-unsaturated/α-hetero) is 2. The average Bonchev–Trinajstić information content (AvgIpc) is 1.99. The molecule has 2 N–H and O–H groups in total. The van der Waals surface area contributed by atoms with E-state index in [1.165, 1.54) is 6.92 Å². The van der Waals surface area contributed by atoms with Gasteiger partial charge in [0.15, 0.2) is 11.7 Å². The van der Waals surface area contributed by atoms with Crippen molar-refractivity contribution in [1.29, 1.82) is 0 Å². The number of barbiturate groups is 1. The minimum absolute atomic E-state index is 0.447. The van der Waals surface area contributed by atoms with Crippen LogP contribution in [0.5, 0.6) is 0 Å². The molecule has 7 nitrogen and oxygen atoms in total. The molecule has 1 fully saturated rings. The van der Waals surface area contributed by atoms with Crippen LogP contribution < -0.4 is 10.6 Å². The van der Waals surface area contributed by atoms with Crippen molar-refractivity contribution in [3.8, 4) is 0 Å². The highest BCUT2D eigenvalue weighted by molar-refractivity contribution is 6.28. The Bertz CT molecular complexity index is 353. The summed E-state index contributed by atoms with van der Waals surface area (Å²) in [5, 5.41) is 3.54. The van der Waals surface area contributed by atoms with E-state index < -0.39 is 41.8 Å². The van der Waals surface area contributed by atoms with Crippen LogP contribution in [0.3, 0.4) is 0 Å². The molecule has 7 heteroatoms. The normalized spacial score (nSPS) is 17.0. The van der Waals surface area contributed by atoms with Gasteiger partial charge in [-0.2, -0.15) is 0 Å². The van der Waals surface area contributed by atoms with Gasteiger partial charge in [0.1, 0.15) is 5.78 Å². The van der Waals surface area contributed by atoms with E-state index >= 15 is 0 Å². The van der Waals surface area contributed by atoms with Crippen LogP contribution in [-0.4, -0.2) is 29.4 Å². The monoisotopic (exact) mass is 212 g/mol. The Balaban J connectivity index is 2.80. The van der Waals surface area contributed by atoms with Crippen LogP contribution in [0.1, 0.15) is 13.3 Å². The molecule has 0 spiro atoms. The molecule has 1 saturated heterocycles. The van der Waals surface area contributed by atoms with Crippen molar-refractivity contribution in [2.45, 2.75) is 13.3 Å². The molecule has 0 aliphatic carbocycles. The zero-order chi connectivity index (χ0) is 11.6. The number of rotatable bonds is 3. The Morgan fingerprint density at radius 3 is 2.00 bits per heavy atom. The Kier molecular flexibility index (Phi) is 2.93. The van der Waals surface area contributed by atoms with Crippen LogP contribution in [0, 0.1) is 5.92 Å². The molecule has 0 radical (unpaired) electrons. The van der Waals surface area contributed by atoms with E-state index in [4.69, 9.17) is 0 Å². The lowest BCUT2D eigenvalue weighted by atomic mass is 9.97. The van der Waals surface area contributed by atoms with Gasteiger partial charge in [0, 0.05) is 0 Å². The lowest BCUT2D eigenvalue weighted by Crippen LogP contribution is -2.58. The van der Waals surface area contributed by atoms with Gasteiger partial charge in [-0.05, 0) is 6.92 Å². The predicted molar refractivity (Wildman–Crippen MR) is 45.5 cm³/mol. The maximum Gasteiger partial charge on any atom is 0.328 e. The molecule has 80 valence electrons. The number of urea groups is 1. The van der Waals surface area contributed by atoms with Gasteiger partial charge in [-0.15, -0.1) is 0 Å². The van der Waals surface area contributed by atoms with E-state index in [1.54, 1.807) is 10.6 Å². The highest BCUT2D eigenvalue weighted by Crippen LogP contribution is 2.06. The van der Waals surface area contributed by atoms with E-state index in [2.05, 4.69) is 0 Å². The third kappa shape index (κ3) is 2.46. The second kappa shape index (κ2) is 3.99. The Morgan fingerprint density at radius 2 is 1.60 bits per heavy atom. The number of carbonyl (C=O) groups is 5. The molecule has 1 rings (SSSR count). The molecule has 0 aromatic heterocycles. The molecule has 0 saturated carbocycles. The highest BCUT2D eigenvalue weighted by Gasteiger charge is 2.39. The molecule has 0 aromatic rings. The largest absolute Gasteiger partial charge is 0.328 e. The number of imide groups is 2. The standard InChI is InChI=1S/C8H8N2O5/c1-3(11)2-4(12)5-6(13)9-8(15)10-7(5)14/h5H,2H2,1H3,(H2,9,10,13,14,15).